The van der Waals surface area contributed by atoms with Crippen molar-refractivity contribution in [2.45, 2.75) is 180 Å². The first kappa shape index (κ1) is 45.2. The van der Waals surface area contributed by atoms with Crippen molar-refractivity contribution in [1.82, 2.24) is 5.32 Å². The number of unbranched alkanes of at least 4 members (excludes halogenated alkanes) is 19. The number of hydrogen-bond donors (Lipinski definition) is 3. The molecule has 274 valence electrons. The number of carbonyl (C=O) groups is 1. The highest BCUT2D eigenvalue weighted by molar-refractivity contribution is 7.47. The van der Waals surface area contributed by atoms with Gasteiger partial charge in [0, 0.05) is 6.42 Å². The van der Waals surface area contributed by atoms with E-state index in [0.29, 0.717) is 23.9 Å². The molecule has 0 fully saturated rings. The minimum Gasteiger partial charge on any atom is -0.391 e. The Morgan fingerprint density at radius 2 is 1.17 bits per heavy atom. The van der Waals surface area contributed by atoms with Gasteiger partial charge in [0.15, 0.2) is 0 Å². The van der Waals surface area contributed by atoms with E-state index in [9.17, 15) is 19.4 Å². The normalized spacial score (nSPS) is 14.8. The van der Waals surface area contributed by atoms with Gasteiger partial charge in [-0.1, -0.05) is 135 Å². The van der Waals surface area contributed by atoms with Crippen molar-refractivity contribution in [3.8, 4) is 0 Å². The quantitative estimate of drug-likeness (QED) is 0.0272. The minimum atomic E-state index is -4.30. The number of likely N-dealkylation sites (N-methyl/N-ethyl adjacent to an activating group) is 1. The van der Waals surface area contributed by atoms with Crippen LogP contribution in [0.5, 0.6) is 0 Å². The lowest BCUT2D eigenvalue weighted by molar-refractivity contribution is -0.870. The summed E-state index contributed by atoms with van der Waals surface area (Å²) in [5.41, 5.74) is 0. The molecule has 8 nitrogen and oxygen atoms in total. The van der Waals surface area contributed by atoms with Gasteiger partial charge < -0.3 is 19.8 Å². The smallest absolute Gasteiger partial charge is 0.391 e. The number of phosphoric acid groups is 1. The lowest BCUT2D eigenvalue weighted by atomic mass is 10.0. The topological polar surface area (TPSA) is 105 Å². The van der Waals surface area contributed by atoms with Crippen molar-refractivity contribution in [3.63, 3.8) is 0 Å². The molecule has 0 aromatic heterocycles. The van der Waals surface area contributed by atoms with Crippen LogP contribution in [0.4, 0.5) is 0 Å². The molecule has 9 heteroatoms. The van der Waals surface area contributed by atoms with Gasteiger partial charge >= 0.3 is 7.82 Å². The lowest BCUT2D eigenvalue weighted by Gasteiger charge is -2.26. The fraction of sp³-hybridized carbons (Fsp3) is 0.919. The highest BCUT2D eigenvalue weighted by Gasteiger charge is 2.28. The Hall–Kier alpha value is -0.760. The van der Waals surface area contributed by atoms with Crippen LogP contribution in [0, 0.1) is 0 Å². The Morgan fingerprint density at radius 3 is 1.70 bits per heavy atom. The number of carbonyl (C=O) groups excluding carboxylic acids is 1. The molecule has 3 N–H and O–H groups in total. The largest absolute Gasteiger partial charge is 0.472 e. The van der Waals surface area contributed by atoms with Crippen molar-refractivity contribution < 1.29 is 32.9 Å². The molecule has 0 aliphatic rings. The molecule has 0 saturated heterocycles. The van der Waals surface area contributed by atoms with E-state index in [0.717, 1.165) is 38.5 Å². The summed E-state index contributed by atoms with van der Waals surface area (Å²) >= 11 is 0. The molecular weight excluding hydrogens is 599 g/mol. The van der Waals surface area contributed by atoms with E-state index in [1.54, 1.807) is 0 Å². The van der Waals surface area contributed by atoms with Gasteiger partial charge in [-0.15, -0.1) is 0 Å². The summed E-state index contributed by atoms with van der Waals surface area (Å²) in [6.07, 6.45) is 30.9. The third-order valence-corrected chi connectivity index (χ3v) is 9.50. The predicted octanol–water partition coefficient (Wildman–Crippen LogP) is 9.63. The van der Waals surface area contributed by atoms with Crippen molar-refractivity contribution in [1.29, 1.82) is 0 Å². The Kier molecular flexibility index (Phi) is 29.8. The summed E-state index contributed by atoms with van der Waals surface area (Å²) in [6, 6.07) is -0.755. The molecular formula is C37H76N2O6P+. The van der Waals surface area contributed by atoms with Crippen LogP contribution in [-0.2, 0) is 18.4 Å². The Balaban J connectivity index is 4.42. The van der Waals surface area contributed by atoms with Crippen LogP contribution < -0.4 is 5.32 Å². The molecule has 0 aromatic carbocycles. The highest BCUT2D eigenvalue weighted by atomic mass is 31.2. The number of aliphatic hydroxyl groups excluding tert-OH is 1. The monoisotopic (exact) mass is 676 g/mol. The second kappa shape index (κ2) is 30.3. The first-order chi connectivity index (χ1) is 22.0. The van der Waals surface area contributed by atoms with E-state index in [1.807, 2.05) is 21.1 Å². The van der Waals surface area contributed by atoms with E-state index < -0.39 is 20.0 Å². The summed E-state index contributed by atoms with van der Waals surface area (Å²) < 4.78 is 23.5. The summed E-state index contributed by atoms with van der Waals surface area (Å²) in [5.74, 6) is -0.153. The first-order valence-electron chi connectivity index (χ1n) is 19.1. The summed E-state index contributed by atoms with van der Waals surface area (Å²) in [7, 11) is 1.61. The summed E-state index contributed by atoms with van der Waals surface area (Å²) in [5, 5.41) is 13.8. The van der Waals surface area contributed by atoms with Gasteiger partial charge in [-0.3, -0.25) is 13.8 Å². The average molecular weight is 676 g/mol. The molecule has 46 heavy (non-hydrogen) atoms. The van der Waals surface area contributed by atoms with Crippen molar-refractivity contribution in [2.75, 3.05) is 40.9 Å². The van der Waals surface area contributed by atoms with Crippen molar-refractivity contribution in [2.24, 2.45) is 0 Å². The molecule has 0 bridgehead atoms. The second-order valence-corrected chi connectivity index (χ2v) is 15.8. The number of aliphatic hydroxyl groups is 1. The van der Waals surface area contributed by atoms with Gasteiger partial charge in [-0.25, -0.2) is 4.57 Å². The van der Waals surface area contributed by atoms with Crippen molar-refractivity contribution >= 4 is 13.7 Å². The molecule has 0 aliphatic heterocycles. The fourth-order valence-corrected chi connectivity index (χ4v) is 6.13. The molecule has 0 spiro atoms. The fourth-order valence-electron chi connectivity index (χ4n) is 5.39. The molecule has 3 unspecified atom stereocenters. The number of amides is 1. The predicted molar refractivity (Wildman–Crippen MR) is 194 cm³/mol. The highest BCUT2D eigenvalue weighted by Crippen LogP contribution is 2.43. The van der Waals surface area contributed by atoms with Crippen molar-refractivity contribution in [3.05, 3.63) is 12.2 Å². The average Bonchev–Trinajstić information content (AvgIpc) is 2.99. The molecule has 0 radical (unpaired) electrons. The molecule has 0 rings (SSSR count). The zero-order valence-corrected chi connectivity index (χ0v) is 31.7. The number of allylic oxidation sites excluding steroid dienone is 2. The Morgan fingerprint density at radius 1 is 0.717 bits per heavy atom. The number of hydrogen-bond acceptors (Lipinski definition) is 5. The maximum Gasteiger partial charge on any atom is 0.472 e. The van der Waals surface area contributed by atoms with Crippen LogP contribution in [0.3, 0.4) is 0 Å². The van der Waals surface area contributed by atoms with E-state index in [4.69, 9.17) is 9.05 Å². The minimum absolute atomic E-state index is 0.0749. The van der Waals surface area contributed by atoms with Gasteiger partial charge in [0.1, 0.15) is 13.2 Å². The summed E-state index contributed by atoms with van der Waals surface area (Å²) in [4.78, 5) is 23.0. The van der Waals surface area contributed by atoms with E-state index in [1.165, 1.54) is 103 Å². The van der Waals surface area contributed by atoms with Crippen LogP contribution in [0.2, 0.25) is 0 Å². The van der Waals surface area contributed by atoms with Gasteiger partial charge in [-0.05, 0) is 38.5 Å². The Labute approximate surface area is 284 Å². The molecule has 3 atom stereocenters. The van der Waals surface area contributed by atoms with E-state index in [2.05, 4.69) is 31.3 Å². The number of quaternary nitrogens is 1. The molecule has 0 aromatic rings. The zero-order valence-electron chi connectivity index (χ0n) is 30.8. The van der Waals surface area contributed by atoms with Gasteiger partial charge in [0.2, 0.25) is 5.91 Å². The van der Waals surface area contributed by atoms with Crippen LogP contribution in [-0.4, -0.2) is 73.4 Å². The van der Waals surface area contributed by atoms with Gasteiger partial charge in [-0.2, -0.15) is 0 Å². The molecule has 0 aliphatic carbocycles. The van der Waals surface area contributed by atoms with Gasteiger partial charge in [0.25, 0.3) is 0 Å². The zero-order chi connectivity index (χ0) is 34.4. The third kappa shape index (κ3) is 31.8. The standard InChI is InChI=1S/C37H75N2O6P/c1-6-8-10-12-14-16-17-18-19-20-21-23-25-27-29-31-37(41)38-35(34-45-46(42,43)44-33-32-39(3,4)5)36(40)30-28-26-24-22-15-13-11-9-7-2/h16-17,35-36,40H,6-15,18-34H2,1-5H3,(H-,38,41,42,43)/p+1/b17-16-. The van der Waals surface area contributed by atoms with Crippen LogP contribution in [0.1, 0.15) is 168 Å². The lowest BCUT2D eigenvalue weighted by Crippen LogP contribution is -2.46. The van der Waals surface area contributed by atoms with Gasteiger partial charge in [0.05, 0.1) is 39.9 Å². The molecule has 0 heterocycles. The number of rotatable bonds is 34. The third-order valence-electron chi connectivity index (χ3n) is 8.51. The van der Waals surface area contributed by atoms with E-state index >= 15 is 0 Å². The molecule has 1 amide bonds. The first-order valence-corrected chi connectivity index (χ1v) is 20.5. The van der Waals surface area contributed by atoms with Crippen LogP contribution in [0.25, 0.3) is 0 Å². The maximum absolute atomic E-state index is 12.8. The number of nitrogens with one attached hydrogen (secondary N) is 1. The second-order valence-electron chi connectivity index (χ2n) is 14.3. The van der Waals surface area contributed by atoms with E-state index in [-0.39, 0.29) is 19.1 Å². The molecule has 0 saturated carbocycles. The SMILES string of the molecule is CCCCCC/C=C\CCCCCCCCCC(=O)NC(COP(=O)(O)OCC[N+](C)(C)C)C(O)CCCCCCCCCCC. The van der Waals surface area contributed by atoms with Crippen LogP contribution in [0.15, 0.2) is 12.2 Å². The van der Waals surface area contributed by atoms with Crippen LogP contribution >= 0.6 is 7.82 Å². The summed E-state index contributed by atoms with van der Waals surface area (Å²) in [6.45, 7) is 4.83. The number of nitrogens with zero attached hydrogens (tertiary/aromatic N) is 1. The number of phosphoric ester groups is 1. The maximum atomic E-state index is 12.8. The Bertz CT molecular complexity index is 773.